The number of rotatable bonds is 8. The molecule has 1 aliphatic carbocycles. The minimum Gasteiger partial charge on any atom is -0.415 e. The highest BCUT2D eigenvalue weighted by atomic mass is 19.3. The molecule has 8 heteroatoms. The molecule has 1 heterocycles. The Hall–Kier alpha value is -3.03. The molecule has 1 N–H and O–H groups in total. The van der Waals surface area contributed by atoms with Crippen LogP contribution < -0.4 is 10.1 Å². The van der Waals surface area contributed by atoms with E-state index < -0.39 is 12.0 Å². The molecule has 1 aromatic heterocycles. The first-order valence-corrected chi connectivity index (χ1v) is 11.1. The number of carbonyl (C=O) groups excluding carboxylic acids is 2. The Kier molecular flexibility index (Phi) is 7.34. The van der Waals surface area contributed by atoms with Gasteiger partial charge in [-0.1, -0.05) is 38.1 Å². The molecular weight excluding hydrogens is 428 g/mol. The molecule has 3 rings (SSSR count). The van der Waals surface area contributed by atoms with Crippen LogP contribution in [0.1, 0.15) is 55.8 Å². The summed E-state index contributed by atoms with van der Waals surface area (Å²) in [5.74, 6) is -0.370. The number of amides is 2. The van der Waals surface area contributed by atoms with E-state index >= 15 is 0 Å². The second kappa shape index (κ2) is 9.85. The molecule has 1 saturated carbocycles. The van der Waals surface area contributed by atoms with Crippen molar-refractivity contribution in [3.63, 3.8) is 0 Å². The van der Waals surface area contributed by atoms with E-state index in [0.29, 0.717) is 25.0 Å². The quantitative estimate of drug-likeness (QED) is 0.611. The SMILES string of the molecule is Cc1ccc(NC(=O)C2(c3ccccc3C(C)C)CC(CC(=O)N(C)C)C2)c(OC(F)F)n1. The maximum Gasteiger partial charge on any atom is 0.388 e. The van der Waals surface area contributed by atoms with Crippen molar-refractivity contribution in [3.8, 4) is 5.88 Å². The summed E-state index contributed by atoms with van der Waals surface area (Å²) in [5.41, 5.74) is 1.68. The van der Waals surface area contributed by atoms with E-state index in [1.807, 2.05) is 24.3 Å². The molecule has 0 saturated heterocycles. The van der Waals surface area contributed by atoms with Gasteiger partial charge in [0.05, 0.1) is 5.41 Å². The number of ether oxygens (including phenoxy) is 1. The Balaban J connectivity index is 1.95. The van der Waals surface area contributed by atoms with Gasteiger partial charge in [0.25, 0.3) is 0 Å². The summed E-state index contributed by atoms with van der Waals surface area (Å²) >= 11 is 0. The van der Waals surface area contributed by atoms with Crippen molar-refractivity contribution < 1.29 is 23.1 Å². The fourth-order valence-corrected chi connectivity index (χ4v) is 4.51. The summed E-state index contributed by atoms with van der Waals surface area (Å²) in [4.78, 5) is 31.5. The van der Waals surface area contributed by atoms with E-state index in [1.54, 1.807) is 32.0 Å². The van der Waals surface area contributed by atoms with Gasteiger partial charge in [0.15, 0.2) is 0 Å². The summed E-state index contributed by atoms with van der Waals surface area (Å²) < 4.78 is 30.4. The lowest BCUT2D eigenvalue weighted by Gasteiger charge is -2.48. The maximum atomic E-state index is 13.7. The Labute approximate surface area is 193 Å². The minimum absolute atomic E-state index is 0.0153. The van der Waals surface area contributed by atoms with Gasteiger partial charge in [-0.2, -0.15) is 8.78 Å². The van der Waals surface area contributed by atoms with Crippen LogP contribution in [0.4, 0.5) is 14.5 Å². The van der Waals surface area contributed by atoms with Crippen LogP contribution in [0.15, 0.2) is 36.4 Å². The number of alkyl halides is 2. The number of benzene rings is 1. The second-order valence-corrected chi connectivity index (χ2v) is 9.23. The number of hydrogen-bond acceptors (Lipinski definition) is 4. The lowest BCUT2D eigenvalue weighted by Crippen LogP contribution is -2.52. The third-order valence-corrected chi connectivity index (χ3v) is 6.22. The first-order valence-electron chi connectivity index (χ1n) is 11.1. The largest absolute Gasteiger partial charge is 0.415 e. The fourth-order valence-electron chi connectivity index (χ4n) is 4.51. The van der Waals surface area contributed by atoms with Crippen molar-refractivity contribution in [1.82, 2.24) is 9.88 Å². The van der Waals surface area contributed by atoms with Crippen molar-refractivity contribution in [1.29, 1.82) is 0 Å². The van der Waals surface area contributed by atoms with Crippen LogP contribution in [0.2, 0.25) is 0 Å². The molecule has 2 amide bonds. The minimum atomic E-state index is -3.06. The van der Waals surface area contributed by atoms with E-state index in [-0.39, 0.29) is 35.2 Å². The van der Waals surface area contributed by atoms with E-state index in [1.165, 1.54) is 6.07 Å². The first-order chi connectivity index (χ1) is 15.5. The van der Waals surface area contributed by atoms with Crippen LogP contribution in [-0.4, -0.2) is 42.4 Å². The molecule has 0 atom stereocenters. The van der Waals surface area contributed by atoms with E-state index in [0.717, 1.165) is 11.1 Å². The normalized spacial score (nSPS) is 19.8. The van der Waals surface area contributed by atoms with Crippen LogP contribution in [0, 0.1) is 12.8 Å². The molecule has 0 radical (unpaired) electrons. The molecule has 0 unspecified atom stereocenters. The Morgan fingerprint density at radius 2 is 1.85 bits per heavy atom. The molecule has 0 spiro atoms. The molecule has 1 aromatic carbocycles. The zero-order valence-corrected chi connectivity index (χ0v) is 19.7. The number of carbonyl (C=O) groups is 2. The molecule has 2 aromatic rings. The van der Waals surface area contributed by atoms with Crippen molar-refractivity contribution in [3.05, 3.63) is 53.2 Å². The van der Waals surface area contributed by atoms with Crippen LogP contribution in [0.3, 0.4) is 0 Å². The molecule has 1 fully saturated rings. The van der Waals surface area contributed by atoms with Crippen molar-refractivity contribution in [2.24, 2.45) is 5.92 Å². The molecule has 33 heavy (non-hydrogen) atoms. The smallest absolute Gasteiger partial charge is 0.388 e. The predicted molar refractivity (Wildman–Crippen MR) is 122 cm³/mol. The third kappa shape index (κ3) is 5.31. The lowest BCUT2D eigenvalue weighted by atomic mass is 9.56. The zero-order chi connectivity index (χ0) is 24.3. The molecule has 1 aliphatic rings. The third-order valence-electron chi connectivity index (χ3n) is 6.22. The van der Waals surface area contributed by atoms with Crippen LogP contribution >= 0.6 is 0 Å². The van der Waals surface area contributed by atoms with E-state index in [9.17, 15) is 18.4 Å². The van der Waals surface area contributed by atoms with Crippen LogP contribution in [0.25, 0.3) is 0 Å². The zero-order valence-electron chi connectivity index (χ0n) is 19.7. The van der Waals surface area contributed by atoms with Gasteiger partial charge in [-0.25, -0.2) is 4.98 Å². The van der Waals surface area contributed by atoms with E-state index in [4.69, 9.17) is 0 Å². The van der Waals surface area contributed by atoms with Crippen LogP contribution in [-0.2, 0) is 15.0 Å². The molecule has 0 aliphatic heterocycles. The van der Waals surface area contributed by atoms with Gasteiger partial charge in [-0.05, 0) is 54.9 Å². The number of hydrogen-bond donors (Lipinski definition) is 1. The number of anilines is 1. The average molecular weight is 460 g/mol. The molecule has 6 nitrogen and oxygen atoms in total. The average Bonchev–Trinajstić information content (AvgIpc) is 2.71. The van der Waals surface area contributed by atoms with Crippen molar-refractivity contribution in [2.75, 3.05) is 19.4 Å². The standard InChI is InChI=1S/C25H31F2N3O3/c1-15(2)18-8-6-7-9-19(18)25(13-17(14-25)12-21(31)30(4)5)23(32)29-20-11-10-16(3)28-22(20)33-24(26)27/h6-11,15,17,24H,12-14H2,1-5H3,(H,29,32). The van der Waals surface area contributed by atoms with Gasteiger partial charge in [0.2, 0.25) is 17.7 Å². The van der Waals surface area contributed by atoms with Crippen molar-refractivity contribution in [2.45, 2.75) is 58.0 Å². The number of halogens is 2. The molecular formula is C25H31F2N3O3. The Morgan fingerprint density at radius 1 is 1.18 bits per heavy atom. The highest BCUT2D eigenvalue weighted by Gasteiger charge is 2.52. The number of aryl methyl sites for hydroxylation is 1. The topological polar surface area (TPSA) is 71.5 Å². The monoisotopic (exact) mass is 459 g/mol. The fraction of sp³-hybridized carbons (Fsp3) is 0.480. The Bertz CT molecular complexity index is 1020. The second-order valence-electron chi connectivity index (χ2n) is 9.23. The van der Waals surface area contributed by atoms with Gasteiger partial charge in [0.1, 0.15) is 5.69 Å². The number of nitrogens with one attached hydrogen (secondary N) is 1. The van der Waals surface area contributed by atoms with Gasteiger partial charge < -0.3 is 15.0 Å². The maximum absolute atomic E-state index is 13.7. The summed E-state index contributed by atoms with van der Waals surface area (Å²) in [6.07, 6.45) is 1.34. The van der Waals surface area contributed by atoms with Gasteiger partial charge >= 0.3 is 6.61 Å². The summed E-state index contributed by atoms with van der Waals surface area (Å²) in [5, 5.41) is 2.79. The number of aromatic nitrogens is 1. The van der Waals surface area contributed by atoms with Gasteiger partial charge in [0, 0.05) is 26.2 Å². The Morgan fingerprint density at radius 3 is 2.45 bits per heavy atom. The summed E-state index contributed by atoms with van der Waals surface area (Å²) in [6.45, 7) is 2.72. The van der Waals surface area contributed by atoms with E-state index in [2.05, 4.69) is 28.9 Å². The molecule has 178 valence electrons. The van der Waals surface area contributed by atoms with Crippen LogP contribution in [0.5, 0.6) is 5.88 Å². The highest BCUT2D eigenvalue weighted by molar-refractivity contribution is 6.01. The first kappa shape index (κ1) is 24.6. The van der Waals surface area contributed by atoms with Crippen molar-refractivity contribution >= 4 is 17.5 Å². The summed E-state index contributed by atoms with van der Waals surface area (Å²) in [7, 11) is 3.42. The molecule has 0 bridgehead atoms. The predicted octanol–water partition coefficient (Wildman–Crippen LogP) is 4.88. The lowest BCUT2D eigenvalue weighted by molar-refractivity contribution is -0.134. The number of nitrogens with zero attached hydrogens (tertiary/aromatic N) is 2. The van der Waals surface area contributed by atoms with Gasteiger partial charge in [-0.15, -0.1) is 0 Å². The number of pyridine rings is 1. The highest BCUT2D eigenvalue weighted by Crippen LogP contribution is 2.52. The summed E-state index contributed by atoms with van der Waals surface area (Å²) in [6, 6.07) is 10.9. The van der Waals surface area contributed by atoms with Gasteiger partial charge in [-0.3, -0.25) is 9.59 Å².